The molecule has 0 aliphatic carbocycles. The number of ether oxygens (including phenoxy) is 1. The molecule has 4 aromatic rings. The van der Waals surface area contributed by atoms with Crippen molar-refractivity contribution in [2.24, 2.45) is 0 Å². The van der Waals surface area contributed by atoms with E-state index < -0.39 is 0 Å². The van der Waals surface area contributed by atoms with Gasteiger partial charge in [-0.15, -0.1) is 0 Å². The van der Waals surface area contributed by atoms with Crippen LogP contribution >= 0.6 is 0 Å². The molecular formula is C22H18O. The predicted molar refractivity (Wildman–Crippen MR) is 98.2 cm³/mol. The fourth-order valence-corrected chi connectivity index (χ4v) is 3.26. The van der Waals surface area contributed by atoms with Gasteiger partial charge in [0.15, 0.2) is 0 Å². The van der Waals surface area contributed by atoms with Crippen LogP contribution in [0.1, 0.15) is 5.56 Å². The summed E-state index contributed by atoms with van der Waals surface area (Å²) < 4.78 is 5.30. The lowest BCUT2D eigenvalue weighted by atomic mass is 9.91. The molecule has 0 bridgehead atoms. The van der Waals surface area contributed by atoms with Gasteiger partial charge in [0.25, 0.3) is 0 Å². The average Bonchev–Trinajstić information content (AvgIpc) is 2.59. The third-order valence-corrected chi connectivity index (χ3v) is 4.40. The topological polar surface area (TPSA) is 9.23 Å². The van der Waals surface area contributed by atoms with E-state index in [0.29, 0.717) is 0 Å². The van der Waals surface area contributed by atoms with Crippen LogP contribution in [-0.4, -0.2) is 7.11 Å². The van der Waals surface area contributed by atoms with E-state index in [9.17, 15) is 0 Å². The van der Waals surface area contributed by atoms with Crippen LogP contribution in [0, 0.1) is 6.92 Å². The molecule has 1 nitrogen and oxygen atoms in total. The standard InChI is InChI=1S/C22H18O/c1-15-7-12-21-18(13-15)14-17-5-3-4-6-20(17)22(21)16-8-10-19(23-2)11-9-16/h3-14H,1-2H3. The molecule has 0 amide bonds. The molecule has 0 saturated carbocycles. The van der Waals surface area contributed by atoms with Crippen LogP contribution < -0.4 is 4.74 Å². The first kappa shape index (κ1) is 13.8. The number of hydrogen-bond donors (Lipinski definition) is 0. The van der Waals surface area contributed by atoms with E-state index in [0.717, 1.165) is 5.75 Å². The van der Waals surface area contributed by atoms with Crippen LogP contribution in [0.4, 0.5) is 0 Å². The largest absolute Gasteiger partial charge is 0.497 e. The minimum atomic E-state index is 0.883. The maximum absolute atomic E-state index is 5.30. The Kier molecular flexibility index (Phi) is 3.27. The molecule has 0 unspecified atom stereocenters. The Labute approximate surface area is 136 Å². The summed E-state index contributed by atoms with van der Waals surface area (Å²) in [4.78, 5) is 0. The second-order valence-corrected chi connectivity index (χ2v) is 5.93. The monoisotopic (exact) mass is 298 g/mol. The molecule has 0 aromatic heterocycles. The van der Waals surface area contributed by atoms with E-state index in [2.05, 4.69) is 67.6 Å². The van der Waals surface area contributed by atoms with Crippen molar-refractivity contribution in [3.8, 4) is 16.9 Å². The molecule has 0 radical (unpaired) electrons. The van der Waals surface area contributed by atoms with E-state index in [1.807, 2.05) is 12.1 Å². The van der Waals surface area contributed by atoms with Crippen molar-refractivity contribution in [1.82, 2.24) is 0 Å². The van der Waals surface area contributed by atoms with Gasteiger partial charge in [-0.1, -0.05) is 60.2 Å². The zero-order valence-electron chi connectivity index (χ0n) is 13.3. The van der Waals surface area contributed by atoms with E-state index >= 15 is 0 Å². The first-order chi connectivity index (χ1) is 11.3. The summed E-state index contributed by atoms with van der Waals surface area (Å²) in [6, 6.07) is 25.9. The van der Waals surface area contributed by atoms with Gasteiger partial charge in [-0.2, -0.15) is 0 Å². The Morgan fingerprint density at radius 1 is 0.696 bits per heavy atom. The van der Waals surface area contributed by atoms with Crippen LogP contribution in [0.3, 0.4) is 0 Å². The summed E-state index contributed by atoms with van der Waals surface area (Å²) >= 11 is 0. The molecule has 1 heteroatoms. The van der Waals surface area contributed by atoms with Gasteiger partial charge >= 0.3 is 0 Å². The van der Waals surface area contributed by atoms with Gasteiger partial charge in [-0.3, -0.25) is 0 Å². The van der Waals surface area contributed by atoms with E-state index in [4.69, 9.17) is 4.74 Å². The van der Waals surface area contributed by atoms with Gasteiger partial charge in [-0.05, 0) is 57.8 Å². The van der Waals surface area contributed by atoms with Gasteiger partial charge < -0.3 is 4.74 Å². The number of aryl methyl sites for hydroxylation is 1. The second kappa shape index (κ2) is 5.44. The number of fused-ring (bicyclic) bond motifs is 2. The maximum atomic E-state index is 5.30. The van der Waals surface area contributed by atoms with Gasteiger partial charge in [0.05, 0.1) is 7.11 Å². The third-order valence-electron chi connectivity index (χ3n) is 4.40. The highest BCUT2D eigenvalue weighted by Gasteiger charge is 2.10. The molecule has 0 N–H and O–H groups in total. The highest BCUT2D eigenvalue weighted by molar-refractivity contribution is 6.12. The van der Waals surface area contributed by atoms with Gasteiger partial charge in [0.2, 0.25) is 0 Å². The fourth-order valence-electron chi connectivity index (χ4n) is 3.26. The van der Waals surface area contributed by atoms with E-state index in [-0.39, 0.29) is 0 Å². The Morgan fingerprint density at radius 2 is 1.43 bits per heavy atom. The number of methoxy groups -OCH3 is 1. The van der Waals surface area contributed by atoms with Crippen molar-refractivity contribution in [1.29, 1.82) is 0 Å². The van der Waals surface area contributed by atoms with Gasteiger partial charge in [0.1, 0.15) is 5.75 Å². The summed E-state index contributed by atoms with van der Waals surface area (Å²) in [5.74, 6) is 0.883. The third kappa shape index (κ3) is 2.35. The first-order valence-corrected chi connectivity index (χ1v) is 7.83. The maximum Gasteiger partial charge on any atom is 0.118 e. The van der Waals surface area contributed by atoms with Crippen LogP contribution in [0.25, 0.3) is 32.7 Å². The van der Waals surface area contributed by atoms with Crippen LogP contribution in [0.15, 0.2) is 72.8 Å². The molecule has 0 atom stereocenters. The van der Waals surface area contributed by atoms with Gasteiger partial charge in [-0.25, -0.2) is 0 Å². The summed E-state index contributed by atoms with van der Waals surface area (Å²) in [7, 11) is 1.70. The minimum absolute atomic E-state index is 0.883. The molecule has 0 heterocycles. The Hall–Kier alpha value is -2.80. The Bertz CT molecular complexity index is 997. The van der Waals surface area contributed by atoms with Crippen LogP contribution in [-0.2, 0) is 0 Å². The molecule has 4 rings (SSSR count). The molecule has 0 aliphatic heterocycles. The SMILES string of the molecule is COc1ccc(-c2c3ccccc3cc3cc(C)ccc23)cc1. The molecule has 0 spiro atoms. The van der Waals surface area contributed by atoms with E-state index in [1.165, 1.54) is 38.2 Å². The first-order valence-electron chi connectivity index (χ1n) is 7.83. The van der Waals surface area contributed by atoms with Crippen molar-refractivity contribution < 1.29 is 4.74 Å². The molecule has 23 heavy (non-hydrogen) atoms. The Morgan fingerprint density at radius 3 is 2.22 bits per heavy atom. The summed E-state index contributed by atoms with van der Waals surface area (Å²) in [6.45, 7) is 2.14. The fraction of sp³-hybridized carbons (Fsp3) is 0.0909. The average molecular weight is 298 g/mol. The summed E-state index contributed by atoms with van der Waals surface area (Å²) in [5.41, 5.74) is 3.80. The van der Waals surface area contributed by atoms with Gasteiger partial charge in [0, 0.05) is 0 Å². The smallest absolute Gasteiger partial charge is 0.118 e. The second-order valence-electron chi connectivity index (χ2n) is 5.93. The van der Waals surface area contributed by atoms with Crippen molar-refractivity contribution in [2.45, 2.75) is 6.92 Å². The highest BCUT2D eigenvalue weighted by atomic mass is 16.5. The van der Waals surface area contributed by atoms with Crippen LogP contribution in [0.2, 0.25) is 0 Å². The van der Waals surface area contributed by atoms with Crippen molar-refractivity contribution in [2.75, 3.05) is 7.11 Å². The molecule has 4 aromatic carbocycles. The zero-order valence-corrected chi connectivity index (χ0v) is 13.3. The lowest BCUT2D eigenvalue weighted by Gasteiger charge is -2.13. The zero-order chi connectivity index (χ0) is 15.8. The molecule has 0 fully saturated rings. The lowest BCUT2D eigenvalue weighted by Crippen LogP contribution is -1.87. The molecule has 112 valence electrons. The minimum Gasteiger partial charge on any atom is -0.497 e. The number of rotatable bonds is 2. The summed E-state index contributed by atoms with van der Waals surface area (Å²) in [5, 5.41) is 5.14. The van der Waals surface area contributed by atoms with Crippen molar-refractivity contribution in [3.05, 3.63) is 78.4 Å². The van der Waals surface area contributed by atoms with Crippen molar-refractivity contribution >= 4 is 21.5 Å². The number of hydrogen-bond acceptors (Lipinski definition) is 1. The van der Waals surface area contributed by atoms with Crippen molar-refractivity contribution in [3.63, 3.8) is 0 Å². The highest BCUT2D eigenvalue weighted by Crippen LogP contribution is 2.37. The molecule has 0 saturated heterocycles. The predicted octanol–water partition coefficient (Wildman–Crippen LogP) is 5.98. The normalized spacial score (nSPS) is 11.0. The quantitative estimate of drug-likeness (QED) is 0.414. The van der Waals surface area contributed by atoms with E-state index in [1.54, 1.807) is 7.11 Å². The molecule has 0 aliphatic rings. The summed E-state index contributed by atoms with van der Waals surface area (Å²) in [6.07, 6.45) is 0. The number of benzene rings is 4. The lowest BCUT2D eigenvalue weighted by molar-refractivity contribution is 0.415. The van der Waals surface area contributed by atoms with Crippen LogP contribution in [0.5, 0.6) is 5.75 Å². The molecular weight excluding hydrogens is 280 g/mol. The Balaban J connectivity index is 2.11.